The topological polar surface area (TPSA) is 60.7 Å². The van der Waals surface area contributed by atoms with Crippen LogP contribution in [-0.2, 0) is 0 Å². The smallest absolute Gasteiger partial charge is 0.159 e. The van der Waals surface area contributed by atoms with E-state index in [1.54, 1.807) is 0 Å². The van der Waals surface area contributed by atoms with Crippen molar-refractivity contribution in [1.82, 2.24) is 0 Å². The summed E-state index contributed by atoms with van der Waals surface area (Å²) in [5, 5.41) is 25.7. The van der Waals surface area contributed by atoms with Crippen LogP contribution in [0.5, 0.6) is 0 Å². The summed E-state index contributed by atoms with van der Waals surface area (Å²) in [7, 11) is 0. The Morgan fingerprint density at radius 2 is 1.40 bits per heavy atom. The van der Waals surface area contributed by atoms with Crippen LogP contribution in [0.4, 0.5) is 0 Å². The molecule has 3 heteroatoms. The van der Waals surface area contributed by atoms with Gasteiger partial charge in [-0.2, -0.15) is 0 Å². The molecule has 0 aliphatic rings. The van der Waals surface area contributed by atoms with Crippen molar-refractivity contribution in [2.24, 2.45) is 0 Å². The SMILES string of the molecule is CCCCC(C)(O)O.CCCCCCO. The van der Waals surface area contributed by atoms with Crippen LogP contribution in [0.15, 0.2) is 0 Å². The van der Waals surface area contributed by atoms with Crippen LogP contribution in [0.1, 0.15) is 65.7 Å². The summed E-state index contributed by atoms with van der Waals surface area (Å²) in [5.74, 6) is -1.45. The average molecular weight is 220 g/mol. The zero-order valence-corrected chi connectivity index (χ0v) is 10.5. The lowest BCUT2D eigenvalue weighted by atomic mass is 10.1. The molecule has 3 nitrogen and oxygen atoms in total. The fourth-order valence-corrected chi connectivity index (χ4v) is 1.05. The quantitative estimate of drug-likeness (QED) is 0.456. The molecule has 3 N–H and O–H groups in total. The maximum absolute atomic E-state index is 8.70. The second-order valence-electron chi connectivity index (χ2n) is 4.10. The van der Waals surface area contributed by atoms with Gasteiger partial charge in [0.1, 0.15) is 0 Å². The third-order valence-corrected chi connectivity index (χ3v) is 2.02. The molecule has 94 valence electrons. The van der Waals surface area contributed by atoms with Crippen molar-refractivity contribution in [1.29, 1.82) is 0 Å². The predicted octanol–water partition coefficient (Wildman–Crippen LogP) is 2.44. The van der Waals surface area contributed by atoms with Gasteiger partial charge in [0.05, 0.1) is 0 Å². The minimum atomic E-state index is -1.45. The van der Waals surface area contributed by atoms with Crippen LogP contribution in [-0.4, -0.2) is 27.7 Å². The Morgan fingerprint density at radius 1 is 0.867 bits per heavy atom. The zero-order valence-electron chi connectivity index (χ0n) is 10.5. The molecule has 0 unspecified atom stereocenters. The normalized spacial score (nSPS) is 10.8. The van der Waals surface area contributed by atoms with E-state index >= 15 is 0 Å². The third kappa shape index (κ3) is 24.8. The van der Waals surface area contributed by atoms with E-state index in [4.69, 9.17) is 15.3 Å². The Hall–Kier alpha value is -0.120. The van der Waals surface area contributed by atoms with Gasteiger partial charge in [-0.05, 0) is 19.8 Å². The van der Waals surface area contributed by atoms with Gasteiger partial charge in [-0.25, -0.2) is 0 Å². The molecule has 15 heavy (non-hydrogen) atoms. The lowest BCUT2D eigenvalue weighted by Gasteiger charge is -2.13. The summed E-state index contributed by atoms with van der Waals surface area (Å²) in [5.41, 5.74) is 0. The van der Waals surface area contributed by atoms with Crippen molar-refractivity contribution in [2.45, 2.75) is 71.5 Å². The van der Waals surface area contributed by atoms with Crippen LogP contribution >= 0.6 is 0 Å². The molecule has 0 aliphatic carbocycles. The maximum atomic E-state index is 8.70. The van der Waals surface area contributed by atoms with Gasteiger partial charge in [-0.3, -0.25) is 0 Å². The zero-order chi connectivity index (χ0) is 12.2. The molecule has 0 aromatic heterocycles. The van der Waals surface area contributed by atoms with Crippen molar-refractivity contribution in [3.05, 3.63) is 0 Å². The highest BCUT2D eigenvalue weighted by Crippen LogP contribution is 2.07. The highest BCUT2D eigenvalue weighted by atomic mass is 16.5. The molecule has 0 aromatic rings. The molecule has 0 aromatic carbocycles. The fourth-order valence-electron chi connectivity index (χ4n) is 1.05. The van der Waals surface area contributed by atoms with Gasteiger partial charge in [-0.15, -0.1) is 0 Å². The molecule has 0 heterocycles. The molecule has 0 rings (SSSR count). The van der Waals surface area contributed by atoms with Crippen molar-refractivity contribution < 1.29 is 15.3 Å². The van der Waals surface area contributed by atoms with Gasteiger partial charge in [0.25, 0.3) is 0 Å². The first kappa shape index (κ1) is 17.3. The van der Waals surface area contributed by atoms with Crippen LogP contribution < -0.4 is 0 Å². The Balaban J connectivity index is 0. The summed E-state index contributed by atoms with van der Waals surface area (Å²) >= 11 is 0. The summed E-state index contributed by atoms with van der Waals surface area (Å²) in [6, 6.07) is 0. The predicted molar refractivity (Wildman–Crippen MR) is 63.6 cm³/mol. The molecule has 0 spiro atoms. The monoisotopic (exact) mass is 220 g/mol. The lowest BCUT2D eigenvalue weighted by Crippen LogP contribution is -2.22. The van der Waals surface area contributed by atoms with Crippen molar-refractivity contribution in [2.75, 3.05) is 6.61 Å². The van der Waals surface area contributed by atoms with Crippen molar-refractivity contribution >= 4 is 0 Å². The first-order chi connectivity index (χ1) is 6.97. The minimum Gasteiger partial charge on any atom is -0.396 e. The van der Waals surface area contributed by atoms with Crippen LogP contribution in [0.3, 0.4) is 0 Å². The summed E-state index contributed by atoms with van der Waals surface area (Å²) < 4.78 is 0. The molecule has 0 aliphatic heterocycles. The molecular formula is C12H28O3. The number of aliphatic hydroxyl groups is 3. The van der Waals surface area contributed by atoms with E-state index < -0.39 is 5.79 Å². The second kappa shape index (κ2) is 12.0. The largest absolute Gasteiger partial charge is 0.396 e. The highest BCUT2D eigenvalue weighted by Gasteiger charge is 2.12. The Kier molecular flexibility index (Phi) is 13.8. The minimum absolute atomic E-state index is 0.361. The van der Waals surface area contributed by atoms with Gasteiger partial charge in [0.2, 0.25) is 0 Å². The van der Waals surface area contributed by atoms with Gasteiger partial charge in [-0.1, -0.05) is 39.5 Å². The Labute approximate surface area is 94.1 Å². The molecule has 0 radical (unpaired) electrons. The molecule has 0 saturated heterocycles. The molecule has 0 fully saturated rings. The Bertz CT molecular complexity index is 104. The number of unbranched alkanes of at least 4 members (excludes halogenated alkanes) is 4. The summed E-state index contributed by atoms with van der Waals surface area (Å²) in [6.07, 6.45) is 7.05. The van der Waals surface area contributed by atoms with Crippen molar-refractivity contribution in [3.63, 3.8) is 0 Å². The van der Waals surface area contributed by atoms with E-state index in [1.807, 2.05) is 6.92 Å². The van der Waals surface area contributed by atoms with Crippen molar-refractivity contribution in [3.8, 4) is 0 Å². The van der Waals surface area contributed by atoms with Gasteiger partial charge >= 0.3 is 0 Å². The first-order valence-corrected chi connectivity index (χ1v) is 6.03. The third-order valence-electron chi connectivity index (χ3n) is 2.02. The Morgan fingerprint density at radius 3 is 1.67 bits per heavy atom. The van der Waals surface area contributed by atoms with E-state index in [0.717, 1.165) is 19.3 Å². The van der Waals surface area contributed by atoms with E-state index in [-0.39, 0.29) is 0 Å². The highest BCUT2D eigenvalue weighted by molar-refractivity contribution is 4.53. The van der Waals surface area contributed by atoms with Gasteiger partial charge in [0, 0.05) is 13.0 Å². The fraction of sp³-hybridized carbons (Fsp3) is 1.00. The number of rotatable bonds is 7. The molecular weight excluding hydrogens is 192 g/mol. The second-order valence-corrected chi connectivity index (χ2v) is 4.10. The summed E-state index contributed by atoms with van der Waals surface area (Å²) in [4.78, 5) is 0. The van der Waals surface area contributed by atoms with E-state index in [9.17, 15) is 0 Å². The first-order valence-electron chi connectivity index (χ1n) is 6.03. The summed E-state index contributed by atoms with van der Waals surface area (Å²) in [6.45, 7) is 5.95. The number of hydrogen-bond donors (Lipinski definition) is 3. The number of hydrogen-bond acceptors (Lipinski definition) is 3. The lowest BCUT2D eigenvalue weighted by molar-refractivity contribution is -0.150. The molecule has 0 bridgehead atoms. The van der Waals surface area contributed by atoms with E-state index in [2.05, 4.69) is 6.92 Å². The van der Waals surface area contributed by atoms with Crippen LogP contribution in [0.25, 0.3) is 0 Å². The number of aliphatic hydroxyl groups excluding tert-OH is 1. The van der Waals surface area contributed by atoms with E-state index in [1.165, 1.54) is 26.2 Å². The van der Waals surface area contributed by atoms with Crippen LogP contribution in [0, 0.1) is 0 Å². The van der Waals surface area contributed by atoms with E-state index in [0.29, 0.717) is 13.0 Å². The van der Waals surface area contributed by atoms with Gasteiger partial charge < -0.3 is 15.3 Å². The standard InChI is InChI=1S/C6H14O2.C6H14O/c1-3-4-5-6(2,7)8;1-2-3-4-5-6-7/h7-8H,3-5H2,1-2H3;7H,2-6H2,1H3. The molecule has 0 amide bonds. The van der Waals surface area contributed by atoms with Gasteiger partial charge in [0.15, 0.2) is 5.79 Å². The maximum Gasteiger partial charge on any atom is 0.159 e. The molecule has 0 saturated carbocycles. The average Bonchev–Trinajstić information content (AvgIpc) is 2.16. The molecule has 0 atom stereocenters. The van der Waals surface area contributed by atoms with Crippen LogP contribution in [0.2, 0.25) is 0 Å².